The molecule has 0 aliphatic heterocycles. The molecule has 2 N–H and O–H groups in total. The monoisotopic (exact) mass is 209 g/mol. The van der Waals surface area contributed by atoms with Crippen molar-refractivity contribution in [1.82, 2.24) is 15.4 Å². The molecule has 0 aliphatic carbocycles. The Hall–Kier alpha value is -0.170. The van der Waals surface area contributed by atoms with Crippen LogP contribution < -0.4 is 10.9 Å². The van der Waals surface area contributed by atoms with Crippen molar-refractivity contribution in [3.63, 3.8) is 0 Å². The second-order valence-corrected chi connectivity index (χ2v) is 5.43. The van der Waals surface area contributed by atoms with Crippen molar-refractivity contribution < 1.29 is 8.42 Å². The number of rotatable bonds is 5. The highest BCUT2D eigenvalue weighted by Gasteiger charge is 2.17. The molecule has 0 saturated heterocycles. The van der Waals surface area contributed by atoms with Crippen LogP contribution in [-0.4, -0.2) is 31.3 Å². The third kappa shape index (κ3) is 5.98. The van der Waals surface area contributed by atoms with Gasteiger partial charge in [0.05, 0.1) is 6.26 Å². The van der Waals surface area contributed by atoms with Gasteiger partial charge in [0.1, 0.15) is 0 Å². The molecule has 0 unspecified atom stereocenters. The maximum atomic E-state index is 11.2. The molecule has 0 aromatic carbocycles. The summed E-state index contributed by atoms with van der Waals surface area (Å²) in [7, 11) is -3.24. The maximum Gasteiger partial charge on any atom is 0.237 e. The van der Waals surface area contributed by atoms with E-state index in [2.05, 4.69) is 10.9 Å². The molecular formula is C7H19N3O2S. The zero-order valence-corrected chi connectivity index (χ0v) is 9.64. The van der Waals surface area contributed by atoms with Gasteiger partial charge in [0.2, 0.25) is 10.0 Å². The van der Waals surface area contributed by atoms with Crippen molar-refractivity contribution in [2.24, 2.45) is 0 Å². The van der Waals surface area contributed by atoms with Gasteiger partial charge in [-0.25, -0.2) is 19.3 Å². The summed E-state index contributed by atoms with van der Waals surface area (Å²) in [6.07, 6.45) is 1.15. The number of hydrogen-bond acceptors (Lipinski definition) is 4. The number of hydrazine groups is 2. The Bertz CT molecular complexity index is 226. The average Bonchev–Trinajstić information content (AvgIpc) is 1.81. The van der Waals surface area contributed by atoms with Crippen molar-refractivity contribution >= 4 is 10.0 Å². The average molecular weight is 209 g/mol. The highest BCUT2D eigenvalue weighted by molar-refractivity contribution is 7.88. The summed E-state index contributed by atoms with van der Waals surface area (Å²) in [6, 6.07) is 0.141. The molecule has 0 spiro atoms. The van der Waals surface area contributed by atoms with Crippen molar-refractivity contribution in [2.45, 2.75) is 39.8 Å². The minimum absolute atomic E-state index is 0.0703. The molecule has 0 saturated carbocycles. The van der Waals surface area contributed by atoms with Gasteiger partial charge in [-0.15, -0.1) is 0 Å². The van der Waals surface area contributed by atoms with Crippen LogP contribution in [-0.2, 0) is 10.0 Å². The SMILES string of the molecule is CC(C)NN(NC(C)C)S(C)(=O)=O. The van der Waals surface area contributed by atoms with Crippen molar-refractivity contribution in [3.05, 3.63) is 0 Å². The molecular weight excluding hydrogens is 190 g/mol. The molecule has 0 fully saturated rings. The third-order valence-electron chi connectivity index (χ3n) is 1.08. The van der Waals surface area contributed by atoms with Crippen molar-refractivity contribution in [1.29, 1.82) is 0 Å². The highest BCUT2D eigenvalue weighted by atomic mass is 32.2. The summed E-state index contributed by atoms with van der Waals surface area (Å²) in [6.45, 7) is 7.50. The molecule has 0 aromatic heterocycles. The molecule has 80 valence electrons. The van der Waals surface area contributed by atoms with Gasteiger partial charge in [-0.05, 0) is 27.7 Å². The first-order valence-electron chi connectivity index (χ1n) is 4.26. The Morgan fingerprint density at radius 2 is 1.31 bits per heavy atom. The highest BCUT2D eigenvalue weighted by Crippen LogP contribution is 1.92. The van der Waals surface area contributed by atoms with E-state index in [4.69, 9.17) is 0 Å². The van der Waals surface area contributed by atoms with Crippen LogP contribution in [0.25, 0.3) is 0 Å². The standard InChI is InChI=1S/C7H19N3O2S/c1-6(2)8-10(9-7(3)4)13(5,11)12/h6-9H,1-5H3. The number of hydrogen-bond donors (Lipinski definition) is 2. The molecule has 0 bridgehead atoms. The minimum atomic E-state index is -3.24. The largest absolute Gasteiger partial charge is 0.237 e. The van der Waals surface area contributed by atoms with Crippen LogP contribution in [0.2, 0.25) is 0 Å². The van der Waals surface area contributed by atoms with Gasteiger partial charge < -0.3 is 0 Å². The van der Waals surface area contributed by atoms with E-state index in [-0.39, 0.29) is 12.1 Å². The summed E-state index contributed by atoms with van der Waals surface area (Å²) in [4.78, 5) is 0. The first-order valence-corrected chi connectivity index (χ1v) is 6.11. The van der Waals surface area contributed by atoms with Crippen LogP contribution in [0.5, 0.6) is 0 Å². The zero-order chi connectivity index (χ0) is 10.6. The van der Waals surface area contributed by atoms with Crippen LogP contribution in [0.1, 0.15) is 27.7 Å². The lowest BCUT2D eigenvalue weighted by atomic mass is 10.4. The molecule has 0 amide bonds. The smallest absolute Gasteiger partial charge is 0.225 e. The van der Waals surface area contributed by atoms with Crippen LogP contribution in [0.15, 0.2) is 0 Å². The Balaban J connectivity index is 4.39. The molecule has 0 radical (unpaired) electrons. The molecule has 0 aromatic rings. The maximum absolute atomic E-state index is 11.2. The number of sulfonamides is 1. The van der Waals surface area contributed by atoms with Gasteiger partial charge in [0, 0.05) is 12.1 Å². The van der Waals surface area contributed by atoms with E-state index in [1.807, 2.05) is 27.7 Å². The van der Waals surface area contributed by atoms with Gasteiger partial charge in [-0.3, -0.25) is 0 Å². The van der Waals surface area contributed by atoms with Crippen molar-refractivity contribution in [2.75, 3.05) is 6.26 Å². The summed E-state index contributed by atoms with van der Waals surface area (Å²) >= 11 is 0. The fraction of sp³-hybridized carbons (Fsp3) is 1.00. The fourth-order valence-corrected chi connectivity index (χ4v) is 1.50. The van der Waals surface area contributed by atoms with Crippen LogP contribution in [0.3, 0.4) is 0 Å². The molecule has 0 atom stereocenters. The number of nitrogens with one attached hydrogen (secondary N) is 2. The van der Waals surface area contributed by atoms with E-state index in [1.54, 1.807) is 0 Å². The summed E-state index contributed by atoms with van der Waals surface area (Å²) in [5, 5.41) is 0. The zero-order valence-electron chi connectivity index (χ0n) is 8.83. The quantitative estimate of drug-likeness (QED) is 0.629. The van der Waals surface area contributed by atoms with E-state index < -0.39 is 10.0 Å². The van der Waals surface area contributed by atoms with Gasteiger partial charge >= 0.3 is 0 Å². The van der Waals surface area contributed by atoms with Gasteiger partial charge in [-0.1, -0.05) is 4.52 Å². The lowest BCUT2D eigenvalue weighted by Crippen LogP contribution is -2.55. The summed E-state index contributed by atoms with van der Waals surface area (Å²) in [5.74, 6) is 0. The second-order valence-electron chi connectivity index (χ2n) is 3.59. The third-order valence-corrected chi connectivity index (χ3v) is 1.96. The summed E-state index contributed by atoms with van der Waals surface area (Å²) < 4.78 is 23.5. The van der Waals surface area contributed by atoms with E-state index in [1.165, 1.54) is 0 Å². The van der Waals surface area contributed by atoms with E-state index >= 15 is 0 Å². The Morgan fingerprint density at radius 1 is 1.00 bits per heavy atom. The van der Waals surface area contributed by atoms with E-state index in [0.717, 1.165) is 10.8 Å². The van der Waals surface area contributed by atoms with Gasteiger partial charge in [-0.2, -0.15) is 0 Å². The van der Waals surface area contributed by atoms with Crippen LogP contribution >= 0.6 is 0 Å². The predicted octanol–water partition coefficient (Wildman–Crippen LogP) is 0.0740. The predicted molar refractivity (Wildman–Crippen MR) is 53.2 cm³/mol. The molecule has 0 rings (SSSR count). The Kier molecular flexibility index (Phi) is 4.83. The fourth-order valence-electron chi connectivity index (χ4n) is 0.698. The normalized spacial score (nSPS) is 13.2. The Morgan fingerprint density at radius 3 is 1.46 bits per heavy atom. The van der Waals surface area contributed by atoms with E-state index in [9.17, 15) is 8.42 Å². The lowest BCUT2D eigenvalue weighted by molar-refractivity contribution is 0.195. The van der Waals surface area contributed by atoms with Crippen LogP contribution in [0, 0.1) is 0 Å². The molecule has 6 heteroatoms. The van der Waals surface area contributed by atoms with E-state index in [0.29, 0.717) is 0 Å². The second kappa shape index (κ2) is 4.90. The first kappa shape index (κ1) is 12.8. The summed E-state index contributed by atoms with van der Waals surface area (Å²) in [5.41, 5.74) is 5.57. The molecule has 5 nitrogen and oxygen atoms in total. The van der Waals surface area contributed by atoms with Gasteiger partial charge in [0.25, 0.3) is 0 Å². The molecule has 13 heavy (non-hydrogen) atoms. The number of nitrogens with zero attached hydrogens (tertiary/aromatic N) is 1. The first-order chi connectivity index (χ1) is 5.73. The van der Waals surface area contributed by atoms with Crippen molar-refractivity contribution in [3.8, 4) is 0 Å². The Labute approximate surface area is 80.5 Å². The van der Waals surface area contributed by atoms with Crippen LogP contribution in [0.4, 0.5) is 0 Å². The topological polar surface area (TPSA) is 61.4 Å². The minimum Gasteiger partial charge on any atom is -0.225 e. The molecule has 0 heterocycles. The molecule has 0 aliphatic rings. The van der Waals surface area contributed by atoms with Gasteiger partial charge in [0.15, 0.2) is 0 Å². The lowest BCUT2D eigenvalue weighted by Gasteiger charge is -2.25.